The molecule has 1 heterocycles. The summed E-state index contributed by atoms with van der Waals surface area (Å²) in [7, 11) is 0. The number of benzene rings is 1. The molecule has 0 fully saturated rings. The molecule has 0 amide bonds. The highest BCUT2D eigenvalue weighted by Gasteiger charge is 2.05. The van der Waals surface area contributed by atoms with Crippen LogP contribution in [0.25, 0.3) is 0 Å². The van der Waals surface area contributed by atoms with Crippen molar-refractivity contribution in [2.45, 2.75) is 0 Å². The predicted octanol–water partition coefficient (Wildman–Crippen LogP) is 1.50. The van der Waals surface area contributed by atoms with E-state index in [1.807, 2.05) is 18.2 Å². The molecule has 1 aromatic carbocycles. The lowest BCUT2D eigenvalue weighted by atomic mass is 10.3. The van der Waals surface area contributed by atoms with Gasteiger partial charge in [0.15, 0.2) is 0 Å². The van der Waals surface area contributed by atoms with Crippen molar-refractivity contribution in [2.75, 3.05) is 18.5 Å². The van der Waals surface area contributed by atoms with Crippen LogP contribution in [-0.4, -0.2) is 23.3 Å². The van der Waals surface area contributed by atoms with E-state index in [1.54, 1.807) is 6.07 Å². The minimum Gasteiger partial charge on any atom is -0.492 e. The maximum absolute atomic E-state index is 11.3. The summed E-state index contributed by atoms with van der Waals surface area (Å²) in [6.45, 7) is 0.887. The second-order valence-corrected chi connectivity index (χ2v) is 4.09. The fourth-order valence-corrected chi connectivity index (χ4v) is 1.60. The Morgan fingerprint density at radius 2 is 2.32 bits per heavy atom. The van der Waals surface area contributed by atoms with Gasteiger partial charge in [0.05, 0.1) is 11.9 Å². The first kappa shape index (κ1) is 13.4. The lowest BCUT2D eigenvalue weighted by Crippen LogP contribution is -2.11. The van der Waals surface area contributed by atoms with Crippen molar-refractivity contribution >= 4 is 23.0 Å². The number of aromatic amines is 1. The van der Waals surface area contributed by atoms with E-state index in [0.717, 1.165) is 5.69 Å². The molecular weight excluding hydrogens is 268 g/mol. The summed E-state index contributed by atoms with van der Waals surface area (Å²) in [5.74, 6) is 0.685. The van der Waals surface area contributed by atoms with Crippen LogP contribution in [0.1, 0.15) is 0 Å². The SMILES string of the molecule is NCCOc1cccc(Nc2cn[nH]c(=O)c2Cl)c1. The first-order valence-corrected chi connectivity index (χ1v) is 6.01. The highest BCUT2D eigenvalue weighted by atomic mass is 35.5. The van der Waals surface area contributed by atoms with Gasteiger partial charge in [0.2, 0.25) is 0 Å². The number of nitrogens with one attached hydrogen (secondary N) is 2. The topological polar surface area (TPSA) is 93.0 Å². The zero-order valence-electron chi connectivity index (χ0n) is 10.0. The van der Waals surface area contributed by atoms with Crippen molar-refractivity contribution in [3.63, 3.8) is 0 Å². The van der Waals surface area contributed by atoms with Crippen LogP contribution < -0.4 is 21.3 Å². The van der Waals surface area contributed by atoms with Gasteiger partial charge in [0, 0.05) is 18.3 Å². The largest absolute Gasteiger partial charge is 0.492 e. The fraction of sp³-hybridized carbons (Fsp3) is 0.167. The van der Waals surface area contributed by atoms with Crippen molar-refractivity contribution in [2.24, 2.45) is 5.73 Å². The molecule has 6 nitrogen and oxygen atoms in total. The molecule has 0 aliphatic rings. The Bertz CT molecular complexity index is 615. The number of hydrogen-bond donors (Lipinski definition) is 3. The molecule has 0 unspecified atom stereocenters. The minimum atomic E-state index is -0.442. The third kappa shape index (κ3) is 3.46. The van der Waals surface area contributed by atoms with Gasteiger partial charge in [-0.1, -0.05) is 17.7 Å². The summed E-state index contributed by atoms with van der Waals surface area (Å²) in [5.41, 5.74) is 6.10. The number of rotatable bonds is 5. The molecule has 0 atom stereocenters. The Balaban J connectivity index is 2.19. The highest BCUT2D eigenvalue weighted by molar-refractivity contribution is 6.33. The number of aromatic nitrogens is 2. The van der Waals surface area contributed by atoms with Gasteiger partial charge >= 0.3 is 0 Å². The third-order valence-electron chi connectivity index (χ3n) is 2.30. The first-order chi connectivity index (χ1) is 9.20. The van der Waals surface area contributed by atoms with Crippen molar-refractivity contribution in [3.8, 4) is 5.75 Å². The predicted molar refractivity (Wildman–Crippen MR) is 74.1 cm³/mol. The van der Waals surface area contributed by atoms with Crippen LogP contribution in [0.5, 0.6) is 5.75 Å². The molecule has 100 valence electrons. The number of ether oxygens (including phenoxy) is 1. The summed E-state index contributed by atoms with van der Waals surface area (Å²) in [5, 5.41) is 8.99. The lowest BCUT2D eigenvalue weighted by molar-refractivity contribution is 0.328. The van der Waals surface area contributed by atoms with Crippen molar-refractivity contribution in [1.29, 1.82) is 0 Å². The Morgan fingerprint density at radius 1 is 1.47 bits per heavy atom. The standard InChI is InChI=1S/C12H13ClN4O2/c13-11-10(7-15-17-12(11)18)16-8-2-1-3-9(6-8)19-5-4-14/h1-3,6-7H,4-5,14H2,(H2,16,17,18). The van der Waals surface area contributed by atoms with E-state index in [9.17, 15) is 4.79 Å². The zero-order chi connectivity index (χ0) is 13.7. The average molecular weight is 281 g/mol. The average Bonchev–Trinajstić information content (AvgIpc) is 2.42. The van der Waals surface area contributed by atoms with Crippen molar-refractivity contribution in [3.05, 3.63) is 45.8 Å². The molecule has 2 rings (SSSR count). The number of nitrogens with two attached hydrogens (primary N) is 1. The normalized spacial score (nSPS) is 10.2. The molecule has 0 saturated carbocycles. The van der Waals surface area contributed by atoms with E-state index in [2.05, 4.69) is 15.5 Å². The summed E-state index contributed by atoms with van der Waals surface area (Å²) >= 11 is 5.87. The molecule has 2 aromatic rings. The smallest absolute Gasteiger partial charge is 0.285 e. The fourth-order valence-electron chi connectivity index (χ4n) is 1.47. The molecule has 7 heteroatoms. The number of nitrogens with zero attached hydrogens (tertiary/aromatic N) is 1. The van der Waals surface area contributed by atoms with Crippen LogP contribution in [0.15, 0.2) is 35.3 Å². The van der Waals surface area contributed by atoms with Gasteiger partial charge in [-0.05, 0) is 12.1 Å². The van der Waals surface area contributed by atoms with Gasteiger partial charge in [0.1, 0.15) is 17.4 Å². The van der Waals surface area contributed by atoms with E-state index >= 15 is 0 Å². The Kier molecular flexibility index (Phi) is 4.38. The minimum absolute atomic E-state index is 0.0586. The third-order valence-corrected chi connectivity index (χ3v) is 2.67. The Morgan fingerprint density at radius 3 is 3.11 bits per heavy atom. The number of anilines is 2. The van der Waals surface area contributed by atoms with Crippen LogP contribution in [0.2, 0.25) is 5.02 Å². The van der Waals surface area contributed by atoms with E-state index in [4.69, 9.17) is 22.1 Å². The molecular formula is C12H13ClN4O2. The number of hydrogen-bond acceptors (Lipinski definition) is 5. The summed E-state index contributed by atoms with van der Waals surface area (Å²) in [6.07, 6.45) is 1.44. The summed E-state index contributed by atoms with van der Waals surface area (Å²) in [6, 6.07) is 7.25. The maximum atomic E-state index is 11.3. The van der Waals surface area contributed by atoms with Crippen LogP contribution in [0, 0.1) is 0 Å². The van der Waals surface area contributed by atoms with Gasteiger partial charge < -0.3 is 15.8 Å². The van der Waals surface area contributed by atoms with E-state index in [1.165, 1.54) is 6.20 Å². The molecule has 4 N–H and O–H groups in total. The maximum Gasteiger partial charge on any atom is 0.285 e. The molecule has 1 aromatic heterocycles. The van der Waals surface area contributed by atoms with Gasteiger partial charge in [-0.25, -0.2) is 5.10 Å². The Labute approximate surface area is 114 Å². The van der Waals surface area contributed by atoms with Crippen LogP contribution >= 0.6 is 11.6 Å². The molecule has 19 heavy (non-hydrogen) atoms. The molecule has 0 radical (unpaired) electrons. The van der Waals surface area contributed by atoms with Crippen LogP contribution in [0.3, 0.4) is 0 Å². The van der Waals surface area contributed by atoms with Crippen LogP contribution in [-0.2, 0) is 0 Å². The highest BCUT2D eigenvalue weighted by Crippen LogP contribution is 2.23. The van der Waals surface area contributed by atoms with Gasteiger partial charge in [0.25, 0.3) is 5.56 Å². The van der Waals surface area contributed by atoms with Crippen molar-refractivity contribution < 1.29 is 4.74 Å². The Hall–Kier alpha value is -2.05. The van der Waals surface area contributed by atoms with Crippen LogP contribution in [0.4, 0.5) is 11.4 Å². The summed E-state index contributed by atoms with van der Waals surface area (Å²) < 4.78 is 5.41. The van der Waals surface area contributed by atoms with Gasteiger partial charge in [-0.2, -0.15) is 5.10 Å². The molecule has 0 aliphatic carbocycles. The van der Waals surface area contributed by atoms with Gasteiger partial charge in [-0.3, -0.25) is 4.79 Å². The second kappa shape index (κ2) is 6.21. The molecule has 0 aliphatic heterocycles. The monoisotopic (exact) mass is 280 g/mol. The number of H-pyrrole nitrogens is 1. The van der Waals surface area contributed by atoms with Gasteiger partial charge in [-0.15, -0.1) is 0 Å². The molecule has 0 saturated heterocycles. The molecule has 0 spiro atoms. The molecule has 0 bridgehead atoms. The van der Waals surface area contributed by atoms with E-state index in [-0.39, 0.29) is 5.02 Å². The first-order valence-electron chi connectivity index (χ1n) is 5.64. The van der Waals surface area contributed by atoms with Crippen molar-refractivity contribution in [1.82, 2.24) is 10.2 Å². The van der Waals surface area contributed by atoms with E-state index < -0.39 is 5.56 Å². The number of halogens is 1. The van der Waals surface area contributed by atoms with E-state index in [0.29, 0.717) is 24.6 Å². The zero-order valence-corrected chi connectivity index (χ0v) is 10.8. The second-order valence-electron chi connectivity index (χ2n) is 3.72. The summed E-state index contributed by atoms with van der Waals surface area (Å²) in [4.78, 5) is 11.3. The lowest BCUT2D eigenvalue weighted by Gasteiger charge is -2.09. The quantitative estimate of drug-likeness (QED) is 0.772.